The molecule has 0 saturated carbocycles. The number of hydrogen-bond acceptors (Lipinski definition) is 6. The van der Waals surface area contributed by atoms with Gasteiger partial charge in [-0.25, -0.2) is 4.39 Å². The highest BCUT2D eigenvalue weighted by Gasteiger charge is 2.12. The maximum absolute atomic E-state index is 13.0. The molecule has 1 aromatic carbocycles. The smallest absolute Gasteiger partial charge is 0.258 e. The lowest BCUT2D eigenvalue weighted by Gasteiger charge is -1.97. The predicted molar refractivity (Wildman–Crippen MR) is 65.2 cm³/mol. The molecule has 0 fully saturated rings. The first-order valence-electron chi connectivity index (χ1n) is 5.02. The van der Waals surface area contributed by atoms with Crippen LogP contribution in [0.1, 0.15) is 0 Å². The van der Waals surface area contributed by atoms with E-state index in [1.165, 1.54) is 29.5 Å². The van der Waals surface area contributed by atoms with E-state index in [9.17, 15) is 4.39 Å². The first kappa shape index (κ1) is 10.8. The summed E-state index contributed by atoms with van der Waals surface area (Å²) in [7, 11) is 0. The van der Waals surface area contributed by atoms with Crippen molar-refractivity contribution in [1.29, 1.82) is 0 Å². The van der Waals surface area contributed by atoms with Crippen LogP contribution in [0.3, 0.4) is 0 Å². The van der Waals surface area contributed by atoms with Crippen LogP contribution in [-0.4, -0.2) is 15.1 Å². The Morgan fingerprint density at radius 2 is 2.22 bits per heavy atom. The minimum Gasteiger partial charge on any atom is -0.396 e. The zero-order valence-corrected chi connectivity index (χ0v) is 9.82. The van der Waals surface area contributed by atoms with E-state index in [1.54, 1.807) is 11.7 Å². The monoisotopic (exact) mass is 262 g/mol. The third-order valence-corrected chi connectivity index (χ3v) is 3.09. The number of rotatable bonds is 2. The van der Waals surface area contributed by atoms with Crippen molar-refractivity contribution in [3.8, 4) is 22.2 Å². The summed E-state index contributed by atoms with van der Waals surface area (Å²) in [4.78, 5) is 8.95. The fraction of sp³-hybridized carbons (Fsp3) is 0. The summed E-state index contributed by atoms with van der Waals surface area (Å²) in [5.41, 5.74) is 7.80. The summed E-state index contributed by atoms with van der Waals surface area (Å²) < 4.78 is 18.2. The van der Waals surface area contributed by atoms with Gasteiger partial charge in [0.1, 0.15) is 5.82 Å². The largest absolute Gasteiger partial charge is 0.396 e. The van der Waals surface area contributed by atoms with Crippen molar-refractivity contribution in [2.75, 3.05) is 5.73 Å². The van der Waals surface area contributed by atoms with E-state index >= 15 is 0 Å². The Kier molecular flexibility index (Phi) is 2.52. The van der Waals surface area contributed by atoms with Crippen LogP contribution in [0, 0.1) is 5.82 Å². The third kappa shape index (κ3) is 1.84. The van der Waals surface area contributed by atoms with Gasteiger partial charge in [-0.3, -0.25) is 4.98 Å². The molecule has 2 heterocycles. The van der Waals surface area contributed by atoms with E-state index in [0.717, 1.165) is 4.88 Å². The van der Waals surface area contributed by atoms with Crippen molar-refractivity contribution >= 4 is 17.0 Å². The van der Waals surface area contributed by atoms with E-state index in [4.69, 9.17) is 10.3 Å². The minimum atomic E-state index is -0.471. The van der Waals surface area contributed by atoms with Crippen LogP contribution in [-0.2, 0) is 0 Å². The summed E-state index contributed by atoms with van der Waals surface area (Å²) in [5.74, 6) is 0.279. The molecule has 0 spiro atoms. The SMILES string of the molecule is Nc1cc(-c2nc(-c3cncs3)no2)ccc1F. The normalized spacial score (nSPS) is 10.7. The van der Waals surface area contributed by atoms with Gasteiger partial charge in [-0.05, 0) is 18.2 Å². The summed E-state index contributed by atoms with van der Waals surface area (Å²) in [6.45, 7) is 0. The van der Waals surface area contributed by atoms with E-state index in [-0.39, 0.29) is 5.69 Å². The predicted octanol–water partition coefficient (Wildman–Crippen LogP) is 2.58. The minimum absolute atomic E-state index is 0.0463. The molecule has 2 N–H and O–H groups in total. The number of thiazole rings is 1. The number of benzene rings is 1. The molecule has 3 rings (SSSR count). The summed E-state index contributed by atoms with van der Waals surface area (Å²) in [5, 5.41) is 3.84. The van der Waals surface area contributed by atoms with Crippen LogP contribution >= 0.6 is 11.3 Å². The Morgan fingerprint density at radius 3 is 2.94 bits per heavy atom. The molecule has 0 amide bonds. The highest BCUT2D eigenvalue weighted by molar-refractivity contribution is 7.13. The Labute approximate surface area is 105 Å². The number of nitrogens with zero attached hydrogens (tertiary/aromatic N) is 3. The van der Waals surface area contributed by atoms with Crippen LogP contribution < -0.4 is 5.73 Å². The van der Waals surface area contributed by atoms with Crippen LogP contribution in [0.15, 0.2) is 34.4 Å². The Bertz CT molecular complexity index is 680. The van der Waals surface area contributed by atoms with Crippen molar-refractivity contribution in [2.24, 2.45) is 0 Å². The van der Waals surface area contributed by atoms with Gasteiger partial charge in [0.2, 0.25) is 5.82 Å². The highest BCUT2D eigenvalue weighted by atomic mass is 32.1. The Balaban J connectivity index is 2.00. The first-order chi connectivity index (χ1) is 8.74. The molecular weight excluding hydrogens is 255 g/mol. The number of aromatic nitrogens is 3. The van der Waals surface area contributed by atoms with Crippen LogP contribution in [0.2, 0.25) is 0 Å². The molecule has 18 heavy (non-hydrogen) atoms. The fourth-order valence-electron chi connectivity index (χ4n) is 1.44. The van der Waals surface area contributed by atoms with Gasteiger partial charge in [-0.15, -0.1) is 11.3 Å². The zero-order valence-electron chi connectivity index (χ0n) is 9.00. The molecule has 0 unspecified atom stereocenters. The number of hydrogen-bond donors (Lipinski definition) is 1. The number of nitrogens with two attached hydrogens (primary N) is 1. The molecule has 0 aliphatic rings. The lowest BCUT2D eigenvalue weighted by molar-refractivity contribution is 0.432. The molecule has 90 valence electrons. The highest BCUT2D eigenvalue weighted by Crippen LogP contribution is 2.26. The van der Waals surface area contributed by atoms with E-state index in [0.29, 0.717) is 17.3 Å². The fourth-order valence-corrected chi connectivity index (χ4v) is 1.99. The topological polar surface area (TPSA) is 77.8 Å². The van der Waals surface area contributed by atoms with Gasteiger partial charge in [0.25, 0.3) is 5.89 Å². The van der Waals surface area contributed by atoms with Crippen LogP contribution in [0.5, 0.6) is 0 Å². The van der Waals surface area contributed by atoms with Crippen molar-refractivity contribution in [3.63, 3.8) is 0 Å². The van der Waals surface area contributed by atoms with Crippen molar-refractivity contribution < 1.29 is 8.91 Å². The Morgan fingerprint density at radius 1 is 1.33 bits per heavy atom. The van der Waals surface area contributed by atoms with Gasteiger partial charge in [-0.1, -0.05) is 5.16 Å². The lowest BCUT2D eigenvalue weighted by Crippen LogP contribution is -1.90. The standard InChI is InChI=1S/C11H7FN4OS/c12-7-2-1-6(3-8(7)13)11-15-10(16-17-11)9-4-14-5-18-9/h1-5H,13H2. The van der Waals surface area contributed by atoms with Gasteiger partial charge < -0.3 is 10.3 Å². The quantitative estimate of drug-likeness (QED) is 0.718. The molecule has 3 aromatic rings. The second-order valence-corrected chi connectivity index (χ2v) is 4.41. The molecule has 0 bridgehead atoms. The van der Waals surface area contributed by atoms with Gasteiger partial charge >= 0.3 is 0 Å². The van der Waals surface area contributed by atoms with Crippen LogP contribution in [0.25, 0.3) is 22.2 Å². The zero-order chi connectivity index (χ0) is 12.5. The molecule has 0 saturated heterocycles. The average Bonchev–Trinajstić information content (AvgIpc) is 3.01. The number of halogens is 1. The van der Waals surface area contributed by atoms with Crippen LogP contribution in [0.4, 0.5) is 10.1 Å². The molecule has 0 radical (unpaired) electrons. The van der Waals surface area contributed by atoms with Crippen molar-refractivity contribution in [2.45, 2.75) is 0 Å². The maximum Gasteiger partial charge on any atom is 0.258 e. The summed E-state index contributed by atoms with van der Waals surface area (Å²) in [6.07, 6.45) is 1.65. The first-order valence-corrected chi connectivity index (χ1v) is 5.90. The molecular formula is C11H7FN4OS. The van der Waals surface area contributed by atoms with E-state index in [2.05, 4.69) is 15.1 Å². The maximum atomic E-state index is 13.0. The molecule has 7 heteroatoms. The van der Waals surface area contributed by atoms with E-state index < -0.39 is 5.82 Å². The van der Waals surface area contributed by atoms with Crippen molar-refractivity contribution in [3.05, 3.63) is 35.7 Å². The molecule has 5 nitrogen and oxygen atoms in total. The number of anilines is 1. The van der Waals surface area contributed by atoms with Gasteiger partial charge in [-0.2, -0.15) is 4.98 Å². The number of nitrogen functional groups attached to an aromatic ring is 1. The second-order valence-electron chi connectivity index (χ2n) is 3.53. The van der Waals surface area contributed by atoms with Gasteiger partial charge in [0.05, 0.1) is 16.1 Å². The second kappa shape index (κ2) is 4.19. The van der Waals surface area contributed by atoms with E-state index in [1.807, 2.05) is 0 Å². The van der Waals surface area contributed by atoms with Gasteiger partial charge in [0, 0.05) is 11.8 Å². The third-order valence-electron chi connectivity index (χ3n) is 2.32. The molecule has 0 aliphatic carbocycles. The van der Waals surface area contributed by atoms with Crippen molar-refractivity contribution in [1.82, 2.24) is 15.1 Å². The summed E-state index contributed by atoms with van der Waals surface area (Å²) >= 11 is 1.41. The molecule has 0 atom stereocenters. The molecule has 2 aromatic heterocycles. The Hall–Kier alpha value is -2.28. The average molecular weight is 262 g/mol. The van der Waals surface area contributed by atoms with Gasteiger partial charge in [0.15, 0.2) is 0 Å². The lowest BCUT2D eigenvalue weighted by atomic mass is 10.2. The summed E-state index contributed by atoms with van der Waals surface area (Å²) in [6, 6.07) is 4.26. The molecule has 0 aliphatic heterocycles.